The molecule has 92 valence electrons. The smallest absolute Gasteiger partial charge is 0.343 e. The van der Waals surface area contributed by atoms with Crippen molar-refractivity contribution in [3.63, 3.8) is 0 Å². The molecule has 0 unspecified atom stereocenters. The zero-order valence-corrected chi connectivity index (χ0v) is 10.7. The van der Waals surface area contributed by atoms with Crippen LogP contribution in [0.25, 0.3) is 0 Å². The van der Waals surface area contributed by atoms with Crippen LogP contribution in [0.1, 0.15) is 26.3 Å². The van der Waals surface area contributed by atoms with Gasteiger partial charge in [0, 0.05) is 5.41 Å². The van der Waals surface area contributed by atoms with E-state index in [0.717, 1.165) is 5.56 Å². The summed E-state index contributed by atoms with van der Waals surface area (Å²) in [6, 6.07) is 9.55. The van der Waals surface area contributed by atoms with E-state index < -0.39 is 5.60 Å². The van der Waals surface area contributed by atoms with Crippen LogP contribution in [-0.2, 0) is 19.9 Å². The number of methoxy groups -OCH3 is 1. The van der Waals surface area contributed by atoms with Crippen LogP contribution in [0.5, 0.6) is 0 Å². The normalized spacial score (nSPS) is 30.5. The predicted molar refractivity (Wildman–Crippen MR) is 64.5 cm³/mol. The third-order valence-electron chi connectivity index (χ3n) is 3.93. The number of carbonyl (C=O) groups excluding carboxylic acids is 1. The number of hydrogen-bond donors (Lipinski definition) is 0. The molecule has 0 bridgehead atoms. The lowest BCUT2D eigenvalue weighted by atomic mass is 9.62. The summed E-state index contributed by atoms with van der Waals surface area (Å²) in [6.45, 7) is 6.04. The molecule has 1 aliphatic rings. The summed E-state index contributed by atoms with van der Waals surface area (Å²) in [5, 5.41) is 0. The van der Waals surface area contributed by atoms with E-state index in [1.807, 2.05) is 51.1 Å². The van der Waals surface area contributed by atoms with Crippen LogP contribution in [0.15, 0.2) is 30.3 Å². The van der Waals surface area contributed by atoms with Crippen molar-refractivity contribution < 1.29 is 14.3 Å². The van der Waals surface area contributed by atoms with E-state index in [-0.39, 0.29) is 17.5 Å². The summed E-state index contributed by atoms with van der Waals surface area (Å²) >= 11 is 0. The van der Waals surface area contributed by atoms with Crippen LogP contribution in [0.2, 0.25) is 0 Å². The molecule has 0 aliphatic carbocycles. The van der Waals surface area contributed by atoms with Crippen LogP contribution in [0.4, 0.5) is 0 Å². The van der Waals surface area contributed by atoms with Crippen LogP contribution >= 0.6 is 0 Å². The molecule has 0 saturated carbocycles. The molecule has 1 heterocycles. The van der Waals surface area contributed by atoms with Crippen molar-refractivity contribution in [3.05, 3.63) is 35.9 Å². The molecule has 0 N–H and O–H groups in total. The summed E-state index contributed by atoms with van der Waals surface area (Å²) < 4.78 is 10.7. The SMILES string of the molecule is COC(=O)[C@]1(c2ccccc2)O[C@@H](C)C1(C)C. The van der Waals surface area contributed by atoms with Gasteiger partial charge in [0.1, 0.15) is 0 Å². The lowest BCUT2D eigenvalue weighted by Gasteiger charge is -2.58. The average molecular weight is 234 g/mol. The maximum absolute atomic E-state index is 12.1. The van der Waals surface area contributed by atoms with Crippen molar-refractivity contribution >= 4 is 5.97 Å². The van der Waals surface area contributed by atoms with E-state index in [9.17, 15) is 4.79 Å². The molecule has 3 heteroatoms. The molecule has 1 saturated heterocycles. The average Bonchev–Trinajstić information content (AvgIpc) is 2.35. The molecule has 0 radical (unpaired) electrons. The second kappa shape index (κ2) is 3.84. The first-order valence-electron chi connectivity index (χ1n) is 5.78. The molecule has 0 amide bonds. The second-order valence-corrected chi connectivity index (χ2v) is 5.02. The fraction of sp³-hybridized carbons (Fsp3) is 0.500. The van der Waals surface area contributed by atoms with Gasteiger partial charge in [-0.15, -0.1) is 0 Å². The monoisotopic (exact) mass is 234 g/mol. The molecule has 0 aromatic heterocycles. The van der Waals surface area contributed by atoms with Crippen molar-refractivity contribution in [2.24, 2.45) is 5.41 Å². The van der Waals surface area contributed by atoms with Crippen molar-refractivity contribution in [1.29, 1.82) is 0 Å². The summed E-state index contributed by atoms with van der Waals surface area (Å²) in [7, 11) is 1.40. The third-order valence-corrected chi connectivity index (χ3v) is 3.93. The summed E-state index contributed by atoms with van der Waals surface area (Å²) in [5.74, 6) is -0.327. The van der Waals surface area contributed by atoms with Gasteiger partial charge in [-0.2, -0.15) is 0 Å². The first-order valence-corrected chi connectivity index (χ1v) is 5.78. The molecule has 1 aromatic rings. The van der Waals surface area contributed by atoms with Gasteiger partial charge >= 0.3 is 5.97 Å². The number of rotatable bonds is 2. The van der Waals surface area contributed by atoms with Gasteiger partial charge in [0.25, 0.3) is 0 Å². The number of esters is 1. The Morgan fingerprint density at radius 2 is 1.88 bits per heavy atom. The van der Waals surface area contributed by atoms with Gasteiger partial charge in [0.05, 0.1) is 13.2 Å². The van der Waals surface area contributed by atoms with Gasteiger partial charge in [-0.1, -0.05) is 44.2 Å². The highest BCUT2D eigenvalue weighted by atomic mass is 16.6. The van der Waals surface area contributed by atoms with E-state index in [1.165, 1.54) is 7.11 Å². The van der Waals surface area contributed by atoms with Crippen LogP contribution in [0.3, 0.4) is 0 Å². The molecule has 2 atom stereocenters. The number of benzene rings is 1. The van der Waals surface area contributed by atoms with Gasteiger partial charge in [-0.3, -0.25) is 0 Å². The van der Waals surface area contributed by atoms with Gasteiger partial charge in [-0.05, 0) is 12.5 Å². The van der Waals surface area contributed by atoms with E-state index >= 15 is 0 Å². The quantitative estimate of drug-likeness (QED) is 0.737. The lowest BCUT2D eigenvalue weighted by molar-refractivity contribution is -0.303. The fourth-order valence-electron chi connectivity index (χ4n) is 2.48. The Labute approximate surface area is 102 Å². The van der Waals surface area contributed by atoms with Crippen molar-refractivity contribution in [1.82, 2.24) is 0 Å². The molecule has 1 fully saturated rings. The maximum Gasteiger partial charge on any atom is 0.343 e. The van der Waals surface area contributed by atoms with E-state index in [1.54, 1.807) is 0 Å². The Morgan fingerprint density at radius 1 is 1.29 bits per heavy atom. The van der Waals surface area contributed by atoms with Crippen LogP contribution < -0.4 is 0 Å². The van der Waals surface area contributed by atoms with E-state index in [2.05, 4.69) is 0 Å². The zero-order chi connectivity index (χ0) is 12.7. The number of hydrogen-bond acceptors (Lipinski definition) is 3. The highest BCUT2D eigenvalue weighted by Crippen LogP contribution is 2.56. The van der Waals surface area contributed by atoms with Gasteiger partial charge in [0.15, 0.2) is 5.60 Å². The Kier molecular flexibility index (Phi) is 2.74. The largest absolute Gasteiger partial charge is 0.467 e. The zero-order valence-electron chi connectivity index (χ0n) is 10.7. The molecule has 1 aliphatic heterocycles. The summed E-state index contributed by atoms with van der Waals surface area (Å²) in [6.07, 6.45) is 0.0295. The molecule has 3 nitrogen and oxygen atoms in total. The Hall–Kier alpha value is -1.35. The standard InChI is InChI=1S/C14H18O3/c1-10-13(2,3)14(17-10,12(15)16-4)11-8-6-5-7-9-11/h5-10H,1-4H3/t10-,14-/m0/s1. The first kappa shape index (κ1) is 12.1. The topological polar surface area (TPSA) is 35.5 Å². The molecule has 2 rings (SSSR count). The lowest BCUT2D eigenvalue weighted by Crippen LogP contribution is -2.67. The van der Waals surface area contributed by atoms with E-state index in [0.29, 0.717) is 0 Å². The van der Waals surface area contributed by atoms with E-state index in [4.69, 9.17) is 9.47 Å². The molecule has 1 aromatic carbocycles. The van der Waals surface area contributed by atoms with Crippen LogP contribution in [0, 0.1) is 5.41 Å². The third kappa shape index (κ3) is 1.42. The van der Waals surface area contributed by atoms with Gasteiger partial charge in [0.2, 0.25) is 0 Å². The molecule has 17 heavy (non-hydrogen) atoms. The molecular formula is C14H18O3. The highest BCUT2D eigenvalue weighted by molar-refractivity contribution is 5.84. The predicted octanol–water partition coefficient (Wildman–Crippen LogP) is 2.50. The van der Waals surface area contributed by atoms with Gasteiger partial charge < -0.3 is 9.47 Å². The Balaban J connectivity index is 2.52. The summed E-state index contributed by atoms with van der Waals surface area (Å²) in [5.41, 5.74) is -0.390. The maximum atomic E-state index is 12.1. The highest BCUT2D eigenvalue weighted by Gasteiger charge is 2.66. The second-order valence-electron chi connectivity index (χ2n) is 5.02. The first-order chi connectivity index (χ1) is 7.96. The van der Waals surface area contributed by atoms with Crippen molar-refractivity contribution in [2.45, 2.75) is 32.5 Å². The minimum absolute atomic E-state index is 0.0295. The minimum Gasteiger partial charge on any atom is -0.467 e. The number of ether oxygens (including phenoxy) is 2. The minimum atomic E-state index is -0.970. The Bertz CT molecular complexity index is 424. The fourth-order valence-corrected chi connectivity index (χ4v) is 2.48. The van der Waals surface area contributed by atoms with Crippen LogP contribution in [-0.4, -0.2) is 19.2 Å². The number of carbonyl (C=O) groups is 1. The molecule has 0 spiro atoms. The molecular weight excluding hydrogens is 216 g/mol. The van der Waals surface area contributed by atoms with Crippen molar-refractivity contribution in [3.8, 4) is 0 Å². The summed E-state index contributed by atoms with van der Waals surface area (Å²) in [4.78, 5) is 12.1. The van der Waals surface area contributed by atoms with Gasteiger partial charge in [-0.25, -0.2) is 4.79 Å². The van der Waals surface area contributed by atoms with Crippen molar-refractivity contribution in [2.75, 3.05) is 7.11 Å². The Morgan fingerprint density at radius 3 is 2.29 bits per heavy atom.